The summed E-state index contributed by atoms with van der Waals surface area (Å²) >= 11 is 0. The van der Waals surface area contributed by atoms with Crippen molar-refractivity contribution in [2.24, 2.45) is 0 Å². The number of carbonyl (C=O) groups is 2. The molecule has 0 bridgehead atoms. The van der Waals surface area contributed by atoms with Gasteiger partial charge in [0.25, 0.3) is 5.91 Å². The number of rotatable bonds is 8. The summed E-state index contributed by atoms with van der Waals surface area (Å²) < 4.78 is 41.6. The van der Waals surface area contributed by atoms with Gasteiger partial charge < -0.3 is 20.1 Å². The first kappa shape index (κ1) is 28.0. The molecule has 0 saturated carbocycles. The molecule has 0 unspecified atom stereocenters. The SMILES string of the molecule is O=C(NCC1=CCCC(OC(F)(F)F)=C1)c1ccc2c(c1)CCCN2Cc1ccc(-c2ccccc2C(=O)O)cc1. The minimum Gasteiger partial charge on any atom is -0.478 e. The van der Waals surface area contributed by atoms with Crippen molar-refractivity contribution in [2.75, 3.05) is 18.0 Å². The zero-order valence-electron chi connectivity index (χ0n) is 22.2. The second-order valence-electron chi connectivity index (χ2n) is 10.1. The maximum atomic E-state index is 12.9. The predicted molar refractivity (Wildman–Crippen MR) is 150 cm³/mol. The Bertz CT molecular complexity index is 1510. The van der Waals surface area contributed by atoms with Gasteiger partial charge in [-0.15, -0.1) is 13.2 Å². The van der Waals surface area contributed by atoms with E-state index in [1.54, 1.807) is 30.3 Å². The number of amides is 1. The van der Waals surface area contributed by atoms with Crippen LogP contribution in [0.2, 0.25) is 0 Å². The Kier molecular flexibility index (Phi) is 8.14. The van der Waals surface area contributed by atoms with Crippen LogP contribution in [-0.4, -0.2) is 36.4 Å². The molecule has 41 heavy (non-hydrogen) atoms. The first-order chi connectivity index (χ1) is 19.7. The Hall–Kier alpha value is -4.53. The largest absolute Gasteiger partial charge is 0.572 e. The molecule has 0 radical (unpaired) electrons. The van der Waals surface area contributed by atoms with Crippen molar-refractivity contribution in [1.82, 2.24) is 5.32 Å². The van der Waals surface area contributed by atoms with E-state index in [-0.39, 0.29) is 30.2 Å². The molecule has 3 aromatic rings. The number of carbonyl (C=O) groups excluding carboxylic acids is 1. The summed E-state index contributed by atoms with van der Waals surface area (Å²) in [6, 6.07) is 20.4. The monoisotopic (exact) mass is 562 g/mol. The van der Waals surface area contributed by atoms with Crippen LogP contribution in [-0.2, 0) is 17.7 Å². The first-order valence-corrected chi connectivity index (χ1v) is 13.4. The van der Waals surface area contributed by atoms with Crippen molar-refractivity contribution in [3.63, 3.8) is 0 Å². The quantitative estimate of drug-likeness (QED) is 0.313. The van der Waals surface area contributed by atoms with Crippen LogP contribution in [0.1, 0.15) is 51.1 Å². The van der Waals surface area contributed by atoms with Crippen LogP contribution >= 0.6 is 0 Å². The van der Waals surface area contributed by atoms with Crippen LogP contribution in [0.15, 0.2) is 90.2 Å². The van der Waals surface area contributed by atoms with E-state index in [1.807, 2.05) is 42.5 Å². The number of allylic oxidation sites excluding steroid dienone is 2. The number of carboxylic acids is 1. The molecule has 1 aliphatic heterocycles. The highest BCUT2D eigenvalue weighted by atomic mass is 19.4. The first-order valence-electron chi connectivity index (χ1n) is 13.4. The number of nitrogens with one attached hydrogen (secondary N) is 1. The fourth-order valence-electron chi connectivity index (χ4n) is 5.29. The average Bonchev–Trinajstić information content (AvgIpc) is 2.95. The molecule has 0 saturated heterocycles. The lowest BCUT2D eigenvalue weighted by Crippen LogP contribution is -2.30. The number of aryl methyl sites for hydroxylation is 1. The number of anilines is 1. The van der Waals surface area contributed by atoms with Gasteiger partial charge in [-0.05, 0) is 77.4 Å². The van der Waals surface area contributed by atoms with Crippen molar-refractivity contribution < 1.29 is 32.6 Å². The molecule has 1 heterocycles. The van der Waals surface area contributed by atoms with Crippen molar-refractivity contribution >= 4 is 17.6 Å². The van der Waals surface area contributed by atoms with E-state index in [0.717, 1.165) is 41.8 Å². The van der Waals surface area contributed by atoms with Crippen molar-refractivity contribution in [3.8, 4) is 11.1 Å². The van der Waals surface area contributed by atoms with Crippen LogP contribution in [0, 0.1) is 0 Å². The summed E-state index contributed by atoms with van der Waals surface area (Å²) in [5, 5.41) is 12.3. The van der Waals surface area contributed by atoms with Crippen molar-refractivity contribution in [2.45, 2.75) is 38.6 Å². The lowest BCUT2D eigenvalue weighted by atomic mass is 9.97. The molecule has 1 aliphatic carbocycles. The molecular weight excluding hydrogens is 533 g/mol. The minimum atomic E-state index is -4.73. The third-order valence-electron chi connectivity index (χ3n) is 7.20. The number of aromatic carboxylic acids is 1. The summed E-state index contributed by atoms with van der Waals surface area (Å²) in [4.78, 5) is 26.7. The van der Waals surface area contributed by atoms with Gasteiger partial charge in [0.15, 0.2) is 0 Å². The minimum absolute atomic E-state index is 0.111. The van der Waals surface area contributed by atoms with Crippen LogP contribution in [0.25, 0.3) is 11.1 Å². The molecule has 9 heteroatoms. The maximum Gasteiger partial charge on any atom is 0.572 e. The Morgan fingerprint density at radius 2 is 1.78 bits per heavy atom. The molecular formula is C32H29F3N2O4. The van der Waals surface area contributed by atoms with Gasteiger partial charge in [-0.25, -0.2) is 4.79 Å². The highest BCUT2D eigenvalue weighted by Gasteiger charge is 2.32. The standard InChI is InChI=1S/C32H29F3N2O4/c33-32(34,35)41-26-7-3-5-22(17-26)19-36-30(38)25-14-15-29-24(18-25)6-4-16-37(29)20-21-10-12-23(13-11-21)27-8-1-2-9-28(27)31(39)40/h1-2,5,8-15,17-18H,3-4,6-7,16,19-20H2,(H,36,38)(H,39,40). The number of carboxylic acid groups (broad SMARTS) is 1. The normalized spacial score (nSPS) is 15.0. The number of alkyl halides is 3. The lowest BCUT2D eigenvalue weighted by Gasteiger charge is -2.32. The van der Waals surface area contributed by atoms with E-state index in [4.69, 9.17) is 0 Å². The van der Waals surface area contributed by atoms with Gasteiger partial charge in [-0.2, -0.15) is 0 Å². The van der Waals surface area contributed by atoms with Crippen LogP contribution < -0.4 is 10.2 Å². The van der Waals surface area contributed by atoms with Crippen LogP contribution in [0.4, 0.5) is 18.9 Å². The van der Waals surface area contributed by atoms with Crippen molar-refractivity contribution in [3.05, 3.63) is 112 Å². The van der Waals surface area contributed by atoms with E-state index >= 15 is 0 Å². The van der Waals surface area contributed by atoms with E-state index < -0.39 is 12.3 Å². The fraction of sp³-hybridized carbons (Fsp3) is 0.250. The van der Waals surface area contributed by atoms with E-state index in [1.165, 1.54) is 6.08 Å². The molecule has 0 atom stereocenters. The number of nitrogens with zero attached hydrogens (tertiary/aromatic N) is 1. The van der Waals surface area contributed by atoms with Crippen LogP contribution in [0.3, 0.4) is 0 Å². The van der Waals surface area contributed by atoms with Gasteiger partial charge in [0, 0.05) is 37.3 Å². The zero-order valence-corrected chi connectivity index (χ0v) is 22.2. The highest BCUT2D eigenvalue weighted by molar-refractivity contribution is 5.96. The summed E-state index contributed by atoms with van der Waals surface area (Å²) in [5.74, 6) is -1.41. The summed E-state index contributed by atoms with van der Waals surface area (Å²) in [5.41, 5.74) is 6.05. The van der Waals surface area contributed by atoms with E-state index in [0.29, 0.717) is 29.7 Å². The zero-order chi connectivity index (χ0) is 29.0. The number of hydrogen-bond donors (Lipinski definition) is 2. The van der Waals surface area contributed by atoms with Crippen LogP contribution in [0.5, 0.6) is 0 Å². The highest BCUT2D eigenvalue weighted by Crippen LogP contribution is 2.31. The molecule has 0 spiro atoms. The number of benzene rings is 3. The topological polar surface area (TPSA) is 78.9 Å². The number of hydrogen-bond acceptors (Lipinski definition) is 4. The smallest absolute Gasteiger partial charge is 0.478 e. The molecule has 2 N–H and O–H groups in total. The van der Waals surface area contributed by atoms with Gasteiger partial charge in [-0.1, -0.05) is 48.5 Å². The second kappa shape index (κ2) is 11.9. The van der Waals surface area contributed by atoms with Gasteiger partial charge in [-0.3, -0.25) is 4.79 Å². The number of halogens is 3. The summed E-state index contributed by atoms with van der Waals surface area (Å²) in [6.45, 7) is 1.65. The fourth-order valence-corrected chi connectivity index (χ4v) is 5.29. The van der Waals surface area contributed by atoms with Crippen molar-refractivity contribution in [1.29, 1.82) is 0 Å². The molecule has 1 amide bonds. The van der Waals surface area contributed by atoms with Gasteiger partial charge in [0.1, 0.15) is 5.76 Å². The summed E-state index contributed by atoms with van der Waals surface area (Å²) in [7, 11) is 0. The Labute approximate surface area is 235 Å². The maximum absolute atomic E-state index is 12.9. The third-order valence-corrected chi connectivity index (χ3v) is 7.20. The van der Waals surface area contributed by atoms with Gasteiger partial charge in [0.2, 0.25) is 0 Å². The molecule has 5 rings (SSSR count). The molecule has 212 valence electrons. The molecule has 3 aromatic carbocycles. The number of fused-ring (bicyclic) bond motifs is 1. The Morgan fingerprint density at radius 1 is 1.00 bits per heavy atom. The number of ether oxygens (including phenoxy) is 1. The molecule has 6 nitrogen and oxygen atoms in total. The Morgan fingerprint density at radius 3 is 2.54 bits per heavy atom. The average molecular weight is 563 g/mol. The van der Waals surface area contributed by atoms with Gasteiger partial charge >= 0.3 is 12.3 Å². The predicted octanol–water partition coefficient (Wildman–Crippen LogP) is 6.87. The van der Waals surface area contributed by atoms with E-state index in [2.05, 4.69) is 15.0 Å². The molecule has 0 aromatic heterocycles. The molecule has 2 aliphatic rings. The lowest BCUT2D eigenvalue weighted by molar-refractivity contribution is -0.306. The molecule has 0 fully saturated rings. The van der Waals surface area contributed by atoms with Gasteiger partial charge in [0.05, 0.1) is 5.56 Å². The summed E-state index contributed by atoms with van der Waals surface area (Å²) in [6.07, 6.45) is 0.754. The Balaban J connectivity index is 1.23. The van der Waals surface area contributed by atoms with E-state index in [9.17, 15) is 27.9 Å². The second-order valence-corrected chi connectivity index (χ2v) is 10.1. The third kappa shape index (κ3) is 6.98.